The van der Waals surface area contributed by atoms with Crippen LogP contribution in [0.25, 0.3) is 21.6 Å². The Labute approximate surface area is 167 Å². The first-order valence-electron chi connectivity index (χ1n) is 9.12. The molecular formula is C21H21N5OS. The van der Waals surface area contributed by atoms with Crippen LogP contribution in [0.5, 0.6) is 0 Å². The highest BCUT2D eigenvalue weighted by Crippen LogP contribution is 2.31. The zero-order chi connectivity index (χ0) is 19.8. The molecule has 0 bridgehead atoms. The molecule has 7 heteroatoms. The standard InChI is InChI=1S/C21H21N5OS/c1-12(2)26-20-16(11-23-26)15(10-17(24-20)18-8-7-14(4)28-18)21(27)25-19-13(3)6-5-9-22-19/h5-12H,1-4H3,(H,22,25,27). The zero-order valence-corrected chi connectivity index (χ0v) is 17.0. The molecule has 0 atom stereocenters. The van der Waals surface area contributed by atoms with Crippen LogP contribution >= 0.6 is 11.3 Å². The molecule has 0 aliphatic carbocycles. The maximum Gasteiger partial charge on any atom is 0.257 e. The quantitative estimate of drug-likeness (QED) is 0.531. The van der Waals surface area contributed by atoms with Crippen LogP contribution in [0, 0.1) is 13.8 Å². The number of fused-ring (bicyclic) bond motifs is 1. The third-order valence-electron chi connectivity index (χ3n) is 4.53. The van der Waals surface area contributed by atoms with Gasteiger partial charge in [-0.05, 0) is 57.5 Å². The van der Waals surface area contributed by atoms with Gasteiger partial charge in [-0.1, -0.05) is 6.07 Å². The van der Waals surface area contributed by atoms with E-state index in [0.29, 0.717) is 17.0 Å². The first-order chi connectivity index (χ1) is 13.4. The van der Waals surface area contributed by atoms with E-state index in [1.165, 1.54) is 4.88 Å². The van der Waals surface area contributed by atoms with Crippen molar-refractivity contribution in [2.24, 2.45) is 0 Å². The van der Waals surface area contributed by atoms with Gasteiger partial charge in [0.25, 0.3) is 5.91 Å². The molecule has 4 rings (SSSR count). The lowest BCUT2D eigenvalue weighted by Gasteiger charge is -2.11. The Morgan fingerprint density at radius 2 is 2.04 bits per heavy atom. The first-order valence-corrected chi connectivity index (χ1v) is 9.93. The summed E-state index contributed by atoms with van der Waals surface area (Å²) in [6.07, 6.45) is 3.38. The van der Waals surface area contributed by atoms with E-state index in [1.807, 2.05) is 49.7 Å². The van der Waals surface area contributed by atoms with E-state index in [4.69, 9.17) is 4.98 Å². The summed E-state index contributed by atoms with van der Waals surface area (Å²) >= 11 is 1.66. The second-order valence-corrected chi connectivity index (χ2v) is 8.30. The molecule has 0 aromatic carbocycles. The highest BCUT2D eigenvalue weighted by Gasteiger charge is 2.19. The van der Waals surface area contributed by atoms with Crippen LogP contribution in [-0.4, -0.2) is 25.7 Å². The van der Waals surface area contributed by atoms with Crippen LogP contribution < -0.4 is 5.32 Å². The molecule has 0 saturated carbocycles. The summed E-state index contributed by atoms with van der Waals surface area (Å²) in [7, 11) is 0. The van der Waals surface area contributed by atoms with E-state index in [0.717, 1.165) is 21.5 Å². The highest BCUT2D eigenvalue weighted by atomic mass is 32.1. The molecule has 1 N–H and O–H groups in total. The predicted molar refractivity (Wildman–Crippen MR) is 113 cm³/mol. The van der Waals surface area contributed by atoms with Crippen molar-refractivity contribution in [3.63, 3.8) is 0 Å². The third kappa shape index (κ3) is 3.29. The minimum Gasteiger partial charge on any atom is -0.306 e. The number of amides is 1. The summed E-state index contributed by atoms with van der Waals surface area (Å²) in [5, 5.41) is 8.13. The molecule has 0 aliphatic rings. The van der Waals surface area contributed by atoms with E-state index in [2.05, 4.69) is 28.4 Å². The van der Waals surface area contributed by atoms with Gasteiger partial charge in [0.05, 0.1) is 27.7 Å². The Hall–Kier alpha value is -3.06. The van der Waals surface area contributed by atoms with Gasteiger partial charge in [-0.25, -0.2) is 14.6 Å². The summed E-state index contributed by atoms with van der Waals surface area (Å²) in [5.74, 6) is 0.342. The van der Waals surface area contributed by atoms with Gasteiger partial charge in [-0.3, -0.25) is 4.79 Å². The van der Waals surface area contributed by atoms with Crippen molar-refractivity contribution in [2.75, 3.05) is 5.32 Å². The van der Waals surface area contributed by atoms with Crippen LogP contribution in [0.15, 0.2) is 42.7 Å². The lowest BCUT2D eigenvalue weighted by molar-refractivity contribution is 0.102. The van der Waals surface area contributed by atoms with Gasteiger partial charge < -0.3 is 5.32 Å². The van der Waals surface area contributed by atoms with E-state index in [-0.39, 0.29) is 11.9 Å². The second-order valence-electron chi connectivity index (χ2n) is 7.01. The molecule has 1 amide bonds. The highest BCUT2D eigenvalue weighted by molar-refractivity contribution is 7.15. The molecule has 28 heavy (non-hydrogen) atoms. The average Bonchev–Trinajstić information content (AvgIpc) is 3.29. The number of carbonyl (C=O) groups excluding carboxylic acids is 1. The molecule has 0 saturated heterocycles. The number of aryl methyl sites for hydroxylation is 2. The van der Waals surface area contributed by atoms with Gasteiger partial charge in [0, 0.05) is 17.1 Å². The first kappa shape index (κ1) is 18.3. The molecule has 4 aromatic heterocycles. The molecule has 4 heterocycles. The molecular weight excluding hydrogens is 370 g/mol. The number of nitrogens with zero attached hydrogens (tertiary/aromatic N) is 4. The van der Waals surface area contributed by atoms with Gasteiger partial charge in [-0.15, -0.1) is 11.3 Å². The number of aromatic nitrogens is 4. The maximum atomic E-state index is 13.1. The molecule has 0 spiro atoms. The lowest BCUT2D eigenvalue weighted by atomic mass is 10.1. The molecule has 6 nitrogen and oxygen atoms in total. The molecule has 0 aliphatic heterocycles. The number of hydrogen-bond donors (Lipinski definition) is 1. The Bertz CT molecular complexity index is 1170. The summed E-state index contributed by atoms with van der Waals surface area (Å²) in [4.78, 5) is 24.5. The van der Waals surface area contributed by atoms with Crippen LogP contribution in [0.2, 0.25) is 0 Å². The van der Waals surface area contributed by atoms with Crippen LogP contribution in [0.3, 0.4) is 0 Å². The van der Waals surface area contributed by atoms with Gasteiger partial charge >= 0.3 is 0 Å². The Kier molecular flexibility index (Phi) is 4.68. The predicted octanol–water partition coefficient (Wildman–Crippen LogP) is 5.00. The minimum absolute atomic E-state index is 0.138. The van der Waals surface area contributed by atoms with E-state index in [1.54, 1.807) is 23.7 Å². The number of thiophene rings is 1. The Morgan fingerprint density at radius 3 is 2.71 bits per heavy atom. The second kappa shape index (κ2) is 7.16. The topological polar surface area (TPSA) is 72.7 Å². The number of nitrogens with one attached hydrogen (secondary N) is 1. The van der Waals surface area contributed by atoms with Crippen LogP contribution in [0.1, 0.15) is 40.7 Å². The van der Waals surface area contributed by atoms with Gasteiger partial charge in [0.1, 0.15) is 5.82 Å². The molecule has 0 radical (unpaired) electrons. The van der Waals surface area contributed by atoms with Crippen molar-refractivity contribution in [1.82, 2.24) is 19.7 Å². The molecule has 4 aromatic rings. The van der Waals surface area contributed by atoms with Crippen molar-refractivity contribution in [3.8, 4) is 10.6 Å². The average molecular weight is 392 g/mol. The maximum absolute atomic E-state index is 13.1. The molecule has 142 valence electrons. The zero-order valence-electron chi connectivity index (χ0n) is 16.2. The van der Waals surface area contributed by atoms with Gasteiger partial charge in [-0.2, -0.15) is 5.10 Å². The van der Waals surface area contributed by atoms with Gasteiger partial charge in [0.15, 0.2) is 5.65 Å². The van der Waals surface area contributed by atoms with Crippen molar-refractivity contribution in [3.05, 3.63) is 58.7 Å². The number of rotatable bonds is 4. The van der Waals surface area contributed by atoms with E-state index < -0.39 is 0 Å². The fourth-order valence-corrected chi connectivity index (χ4v) is 3.90. The monoisotopic (exact) mass is 391 g/mol. The number of pyridine rings is 2. The van der Waals surface area contributed by atoms with E-state index in [9.17, 15) is 4.79 Å². The number of carbonyl (C=O) groups is 1. The molecule has 0 unspecified atom stereocenters. The Balaban J connectivity index is 1.86. The number of anilines is 1. The van der Waals surface area contributed by atoms with Crippen LogP contribution in [-0.2, 0) is 0 Å². The van der Waals surface area contributed by atoms with Crippen molar-refractivity contribution < 1.29 is 4.79 Å². The minimum atomic E-state index is -0.216. The Morgan fingerprint density at radius 1 is 1.21 bits per heavy atom. The SMILES string of the molecule is Cc1ccc(-c2cc(C(=O)Nc3ncccc3C)c3cnn(C(C)C)c3n2)s1. The number of hydrogen-bond acceptors (Lipinski definition) is 5. The van der Waals surface area contributed by atoms with E-state index >= 15 is 0 Å². The summed E-state index contributed by atoms with van der Waals surface area (Å²) < 4.78 is 1.85. The molecule has 0 fully saturated rings. The van der Waals surface area contributed by atoms with Crippen molar-refractivity contribution in [2.45, 2.75) is 33.7 Å². The summed E-state index contributed by atoms with van der Waals surface area (Å²) in [5.41, 5.74) is 2.94. The third-order valence-corrected chi connectivity index (χ3v) is 5.56. The largest absolute Gasteiger partial charge is 0.306 e. The fourth-order valence-electron chi connectivity index (χ4n) is 3.07. The normalized spacial score (nSPS) is 11.3. The summed E-state index contributed by atoms with van der Waals surface area (Å²) in [6.45, 7) is 8.07. The van der Waals surface area contributed by atoms with Gasteiger partial charge in [0.2, 0.25) is 0 Å². The lowest BCUT2D eigenvalue weighted by Crippen LogP contribution is -2.15. The van der Waals surface area contributed by atoms with Crippen molar-refractivity contribution >= 4 is 34.1 Å². The van der Waals surface area contributed by atoms with Crippen LogP contribution in [0.4, 0.5) is 5.82 Å². The summed E-state index contributed by atoms with van der Waals surface area (Å²) in [6, 6.07) is 9.84. The van der Waals surface area contributed by atoms with Crippen molar-refractivity contribution in [1.29, 1.82) is 0 Å². The smallest absolute Gasteiger partial charge is 0.257 e. The fraction of sp³-hybridized carbons (Fsp3) is 0.238.